The second-order valence-electron chi connectivity index (χ2n) is 5.75. The van der Waals surface area contributed by atoms with Gasteiger partial charge in [0.1, 0.15) is 5.82 Å². The Morgan fingerprint density at radius 2 is 1.95 bits per heavy atom. The quantitative estimate of drug-likeness (QED) is 0.931. The number of rotatable bonds is 3. The van der Waals surface area contributed by atoms with Crippen LogP contribution in [0.1, 0.15) is 35.5 Å². The Balaban J connectivity index is 2.04. The maximum atomic E-state index is 5.67. The predicted octanol–water partition coefficient (Wildman–Crippen LogP) is 2.78. The van der Waals surface area contributed by atoms with Crippen LogP contribution in [-0.4, -0.2) is 16.1 Å². The summed E-state index contributed by atoms with van der Waals surface area (Å²) in [5.74, 6) is 1.08. The highest BCUT2D eigenvalue weighted by Gasteiger charge is 2.15. The van der Waals surface area contributed by atoms with Crippen molar-refractivity contribution in [2.45, 2.75) is 39.0 Å². The van der Waals surface area contributed by atoms with Gasteiger partial charge in [-0.1, -0.05) is 12.1 Å². The first kappa shape index (κ1) is 13.4. The SMILES string of the molecule is Cc1nc(CCN)n(C)c1-c1ccc2c(c1)CCCC2. The zero-order valence-corrected chi connectivity index (χ0v) is 12.4. The fourth-order valence-corrected chi connectivity index (χ4v) is 3.33. The highest BCUT2D eigenvalue weighted by molar-refractivity contribution is 5.64. The summed E-state index contributed by atoms with van der Waals surface area (Å²) in [4.78, 5) is 4.67. The molecule has 0 saturated carbocycles. The van der Waals surface area contributed by atoms with Crippen molar-refractivity contribution in [2.75, 3.05) is 6.54 Å². The highest BCUT2D eigenvalue weighted by Crippen LogP contribution is 2.29. The standard InChI is InChI=1S/C17H23N3/c1-12-17(20(2)16(19-12)9-10-18)15-8-7-13-5-3-4-6-14(13)11-15/h7-8,11H,3-6,9-10,18H2,1-2H3. The smallest absolute Gasteiger partial charge is 0.110 e. The summed E-state index contributed by atoms with van der Waals surface area (Å²) >= 11 is 0. The van der Waals surface area contributed by atoms with Gasteiger partial charge in [-0.05, 0) is 56.3 Å². The van der Waals surface area contributed by atoms with Crippen LogP contribution in [-0.2, 0) is 26.3 Å². The summed E-state index contributed by atoms with van der Waals surface area (Å²) in [7, 11) is 2.10. The number of hydrogen-bond donors (Lipinski definition) is 1. The molecule has 0 saturated heterocycles. The van der Waals surface area contributed by atoms with E-state index in [-0.39, 0.29) is 0 Å². The van der Waals surface area contributed by atoms with Crippen molar-refractivity contribution < 1.29 is 0 Å². The fraction of sp³-hybridized carbons (Fsp3) is 0.471. The molecule has 0 unspecified atom stereocenters. The Bertz CT molecular complexity index is 625. The van der Waals surface area contributed by atoms with E-state index >= 15 is 0 Å². The molecule has 0 spiro atoms. The molecule has 0 atom stereocenters. The van der Waals surface area contributed by atoms with E-state index in [1.807, 2.05) is 0 Å². The van der Waals surface area contributed by atoms with Gasteiger partial charge in [-0.15, -0.1) is 0 Å². The minimum absolute atomic E-state index is 0.647. The van der Waals surface area contributed by atoms with E-state index in [4.69, 9.17) is 5.73 Å². The van der Waals surface area contributed by atoms with Crippen molar-refractivity contribution in [3.8, 4) is 11.3 Å². The molecule has 0 amide bonds. The molecule has 2 N–H and O–H groups in total. The van der Waals surface area contributed by atoms with E-state index < -0.39 is 0 Å². The first-order valence-electron chi connectivity index (χ1n) is 7.55. The van der Waals surface area contributed by atoms with Crippen LogP contribution in [0.2, 0.25) is 0 Å². The molecule has 0 radical (unpaired) electrons. The summed E-state index contributed by atoms with van der Waals surface area (Å²) in [5, 5.41) is 0. The average molecular weight is 269 g/mol. The lowest BCUT2D eigenvalue weighted by Crippen LogP contribution is -2.08. The van der Waals surface area contributed by atoms with Crippen molar-refractivity contribution in [1.82, 2.24) is 9.55 Å². The van der Waals surface area contributed by atoms with E-state index in [1.54, 1.807) is 0 Å². The third-order valence-corrected chi connectivity index (χ3v) is 4.35. The van der Waals surface area contributed by atoms with Gasteiger partial charge in [0.15, 0.2) is 0 Å². The van der Waals surface area contributed by atoms with Gasteiger partial charge < -0.3 is 10.3 Å². The van der Waals surface area contributed by atoms with Gasteiger partial charge in [0.2, 0.25) is 0 Å². The number of hydrogen-bond acceptors (Lipinski definition) is 2. The van der Waals surface area contributed by atoms with Gasteiger partial charge in [-0.2, -0.15) is 0 Å². The number of fused-ring (bicyclic) bond motifs is 1. The van der Waals surface area contributed by atoms with E-state index in [9.17, 15) is 0 Å². The van der Waals surface area contributed by atoms with E-state index in [0.717, 1.165) is 17.9 Å². The maximum absolute atomic E-state index is 5.67. The summed E-state index contributed by atoms with van der Waals surface area (Å²) in [6.45, 7) is 2.74. The molecule has 1 aromatic heterocycles. The van der Waals surface area contributed by atoms with Crippen LogP contribution in [0.4, 0.5) is 0 Å². The van der Waals surface area contributed by atoms with Gasteiger partial charge in [0.05, 0.1) is 11.4 Å². The van der Waals surface area contributed by atoms with Crippen LogP contribution in [0.3, 0.4) is 0 Å². The number of nitrogens with zero attached hydrogens (tertiary/aromatic N) is 2. The Kier molecular flexibility index (Phi) is 3.62. The molecule has 0 aliphatic heterocycles. The fourth-order valence-electron chi connectivity index (χ4n) is 3.33. The van der Waals surface area contributed by atoms with Crippen LogP contribution >= 0.6 is 0 Å². The van der Waals surface area contributed by atoms with E-state index in [0.29, 0.717) is 6.54 Å². The summed E-state index contributed by atoms with van der Waals surface area (Å²) in [6.07, 6.45) is 5.94. The number of nitrogens with two attached hydrogens (primary N) is 1. The van der Waals surface area contributed by atoms with E-state index in [1.165, 1.54) is 48.1 Å². The Morgan fingerprint density at radius 1 is 1.20 bits per heavy atom. The van der Waals surface area contributed by atoms with Crippen molar-refractivity contribution >= 4 is 0 Å². The molecule has 3 heteroatoms. The van der Waals surface area contributed by atoms with Crippen LogP contribution < -0.4 is 5.73 Å². The van der Waals surface area contributed by atoms with Gasteiger partial charge in [0.25, 0.3) is 0 Å². The van der Waals surface area contributed by atoms with Crippen LogP contribution in [0.15, 0.2) is 18.2 Å². The summed E-state index contributed by atoms with van der Waals surface area (Å²) in [5.41, 5.74) is 12.4. The Hall–Kier alpha value is -1.61. The topological polar surface area (TPSA) is 43.8 Å². The van der Waals surface area contributed by atoms with Gasteiger partial charge in [-0.3, -0.25) is 0 Å². The van der Waals surface area contributed by atoms with Gasteiger partial charge in [-0.25, -0.2) is 4.98 Å². The lowest BCUT2D eigenvalue weighted by atomic mass is 9.90. The zero-order valence-electron chi connectivity index (χ0n) is 12.4. The lowest BCUT2D eigenvalue weighted by Gasteiger charge is -2.17. The molecular formula is C17H23N3. The van der Waals surface area contributed by atoms with Gasteiger partial charge >= 0.3 is 0 Å². The Morgan fingerprint density at radius 3 is 2.70 bits per heavy atom. The largest absolute Gasteiger partial charge is 0.331 e. The van der Waals surface area contributed by atoms with Crippen LogP contribution in [0.5, 0.6) is 0 Å². The first-order valence-corrected chi connectivity index (χ1v) is 7.55. The molecule has 3 rings (SSSR count). The van der Waals surface area contributed by atoms with Crippen molar-refractivity contribution in [1.29, 1.82) is 0 Å². The van der Waals surface area contributed by atoms with Crippen molar-refractivity contribution in [2.24, 2.45) is 12.8 Å². The van der Waals surface area contributed by atoms with E-state index in [2.05, 4.69) is 41.7 Å². The van der Waals surface area contributed by atoms with Gasteiger partial charge in [0, 0.05) is 19.0 Å². The van der Waals surface area contributed by atoms with Crippen molar-refractivity contribution in [3.05, 3.63) is 40.8 Å². The first-order chi connectivity index (χ1) is 9.70. The number of aryl methyl sites for hydroxylation is 3. The molecule has 1 heterocycles. The molecule has 106 valence electrons. The van der Waals surface area contributed by atoms with Crippen LogP contribution in [0, 0.1) is 6.92 Å². The monoisotopic (exact) mass is 269 g/mol. The normalized spacial score (nSPS) is 14.3. The minimum Gasteiger partial charge on any atom is -0.331 e. The average Bonchev–Trinajstić information content (AvgIpc) is 2.73. The summed E-state index contributed by atoms with van der Waals surface area (Å²) < 4.78 is 2.20. The number of imidazole rings is 1. The molecule has 20 heavy (non-hydrogen) atoms. The molecule has 3 nitrogen and oxygen atoms in total. The minimum atomic E-state index is 0.647. The molecule has 0 bridgehead atoms. The molecule has 1 aliphatic carbocycles. The Labute approximate surface area is 120 Å². The lowest BCUT2D eigenvalue weighted by molar-refractivity contribution is 0.685. The molecule has 0 fully saturated rings. The molecular weight excluding hydrogens is 246 g/mol. The third-order valence-electron chi connectivity index (χ3n) is 4.35. The number of aromatic nitrogens is 2. The van der Waals surface area contributed by atoms with Crippen LogP contribution in [0.25, 0.3) is 11.3 Å². The van der Waals surface area contributed by atoms with Crippen molar-refractivity contribution in [3.63, 3.8) is 0 Å². The summed E-state index contributed by atoms with van der Waals surface area (Å²) in [6, 6.07) is 6.92. The molecule has 1 aliphatic rings. The second-order valence-corrected chi connectivity index (χ2v) is 5.75. The zero-order chi connectivity index (χ0) is 14.1. The predicted molar refractivity (Wildman–Crippen MR) is 82.8 cm³/mol. The molecule has 2 aromatic rings. The highest BCUT2D eigenvalue weighted by atomic mass is 15.1. The third kappa shape index (κ3) is 2.27. The number of benzene rings is 1. The second kappa shape index (κ2) is 5.41. The molecule has 1 aromatic carbocycles. The maximum Gasteiger partial charge on any atom is 0.110 e.